The number of β-amino-alcohol motifs (C(OH)–C–C–N with tert-alkyl or cyclic N) is 1. The number of carbonyl (C=O) groups is 3. The second kappa shape index (κ2) is 8.42. The molecule has 1 atom stereocenters. The Kier molecular flexibility index (Phi) is 6.89. The minimum Gasteiger partial charge on any atom is -0.481 e. The zero-order valence-electron chi connectivity index (χ0n) is 11.7. The molecule has 2 amide bonds. The molecule has 0 radical (unpaired) electrons. The van der Waals surface area contributed by atoms with Gasteiger partial charge in [-0.25, -0.2) is 9.59 Å². The molecule has 1 aliphatic heterocycles. The highest BCUT2D eigenvalue weighted by Gasteiger charge is 2.26. The van der Waals surface area contributed by atoms with E-state index < -0.39 is 24.0 Å². The maximum Gasteiger partial charge on any atom is 0.326 e. The number of carboxylic acid groups (broad SMARTS) is 2. The summed E-state index contributed by atoms with van der Waals surface area (Å²) in [6, 6.07) is -1.71. The van der Waals surface area contributed by atoms with Crippen LogP contribution in [0, 0.1) is 0 Å². The number of nitrogens with one attached hydrogen (secondary N) is 1. The average molecular weight is 303 g/mol. The first-order chi connectivity index (χ1) is 9.93. The van der Waals surface area contributed by atoms with E-state index in [-0.39, 0.29) is 19.4 Å². The molecule has 1 fully saturated rings. The molecule has 0 aromatic carbocycles. The lowest BCUT2D eigenvalue weighted by Crippen LogP contribution is -2.54. The fourth-order valence-corrected chi connectivity index (χ4v) is 2.08. The molecular weight excluding hydrogens is 282 g/mol. The van der Waals surface area contributed by atoms with Crippen molar-refractivity contribution in [1.29, 1.82) is 0 Å². The van der Waals surface area contributed by atoms with Gasteiger partial charge >= 0.3 is 18.0 Å². The Morgan fingerprint density at radius 1 is 1.10 bits per heavy atom. The molecule has 0 bridgehead atoms. The zero-order valence-corrected chi connectivity index (χ0v) is 11.7. The number of rotatable bonds is 7. The molecular formula is C12H21N3O6. The normalized spacial score (nSPS) is 17.3. The van der Waals surface area contributed by atoms with Crippen LogP contribution in [-0.2, 0) is 9.59 Å². The number of hydrogen-bond donors (Lipinski definition) is 4. The summed E-state index contributed by atoms with van der Waals surface area (Å²) in [5.74, 6) is -2.35. The van der Waals surface area contributed by atoms with Gasteiger partial charge < -0.3 is 25.5 Å². The fraction of sp³-hybridized carbons (Fsp3) is 0.750. The van der Waals surface area contributed by atoms with Crippen LogP contribution in [0.15, 0.2) is 0 Å². The highest BCUT2D eigenvalue weighted by Crippen LogP contribution is 2.04. The molecule has 0 aromatic heterocycles. The summed E-state index contributed by atoms with van der Waals surface area (Å²) in [7, 11) is 0. The lowest BCUT2D eigenvalue weighted by Gasteiger charge is -2.34. The molecule has 1 rings (SSSR count). The Balaban J connectivity index is 2.43. The van der Waals surface area contributed by atoms with E-state index in [9.17, 15) is 14.4 Å². The third-order valence-corrected chi connectivity index (χ3v) is 3.32. The van der Waals surface area contributed by atoms with Gasteiger partial charge in [-0.1, -0.05) is 0 Å². The van der Waals surface area contributed by atoms with E-state index >= 15 is 0 Å². The quantitative estimate of drug-likeness (QED) is 0.456. The molecule has 0 saturated carbocycles. The standard InChI is InChI=1S/C12H21N3O6/c16-8-7-14-3-5-15(6-4-14)12(21)13-9(11(19)20)1-2-10(17)18/h9,16H,1-8H2,(H,13,21)(H,17,18)(H,19,20). The maximum atomic E-state index is 12.0. The summed E-state index contributed by atoms with van der Waals surface area (Å²) in [5.41, 5.74) is 0. The van der Waals surface area contributed by atoms with Gasteiger partial charge in [-0.15, -0.1) is 0 Å². The first-order valence-electron chi connectivity index (χ1n) is 6.77. The van der Waals surface area contributed by atoms with Gasteiger partial charge in [0.25, 0.3) is 0 Å². The highest BCUT2D eigenvalue weighted by molar-refractivity contribution is 5.83. The predicted octanol–water partition coefficient (Wildman–Crippen LogP) is -1.38. The molecule has 9 heteroatoms. The van der Waals surface area contributed by atoms with Gasteiger partial charge in [-0.3, -0.25) is 9.69 Å². The number of carbonyl (C=O) groups excluding carboxylic acids is 1. The Morgan fingerprint density at radius 3 is 2.19 bits per heavy atom. The number of carboxylic acids is 2. The number of aliphatic carboxylic acids is 2. The number of hydrogen-bond acceptors (Lipinski definition) is 5. The van der Waals surface area contributed by atoms with Crippen molar-refractivity contribution in [3.8, 4) is 0 Å². The van der Waals surface area contributed by atoms with Crippen molar-refractivity contribution in [2.45, 2.75) is 18.9 Å². The largest absolute Gasteiger partial charge is 0.481 e. The molecule has 120 valence electrons. The van der Waals surface area contributed by atoms with Crippen molar-refractivity contribution in [3.63, 3.8) is 0 Å². The minimum atomic E-state index is -1.25. The molecule has 9 nitrogen and oxygen atoms in total. The van der Waals surface area contributed by atoms with E-state index in [0.29, 0.717) is 32.7 Å². The first kappa shape index (κ1) is 17.2. The smallest absolute Gasteiger partial charge is 0.326 e. The monoisotopic (exact) mass is 303 g/mol. The van der Waals surface area contributed by atoms with Crippen molar-refractivity contribution in [2.75, 3.05) is 39.3 Å². The molecule has 1 aliphatic rings. The van der Waals surface area contributed by atoms with Crippen LogP contribution in [0.3, 0.4) is 0 Å². The third kappa shape index (κ3) is 5.96. The van der Waals surface area contributed by atoms with Crippen molar-refractivity contribution in [3.05, 3.63) is 0 Å². The van der Waals surface area contributed by atoms with Crippen molar-refractivity contribution in [2.24, 2.45) is 0 Å². The molecule has 1 unspecified atom stereocenters. The minimum absolute atomic E-state index is 0.0580. The number of urea groups is 1. The Hall–Kier alpha value is -1.87. The summed E-state index contributed by atoms with van der Waals surface area (Å²) < 4.78 is 0. The second-order valence-electron chi connectivity index (χ2n) is 4.83. The predicted molar refractivity (Wildman–Crippen MR) is 71.9 cm³/mol. The van der Waals surface area contributed by atoms with Crippen LogP contribution in [0.25, 0.3) is 0 Å². The van der Waals surface area contributed by atoms with Crippen LogP contribution in [0.2, 0.25) is 0 Å². The molecule has 1 heterocycles. The van der Waals surface area contributed by atoms with E-state index in [2.05, 4.69) is 5.32 Å². The summed E-state index contributed by atoms with van der Waals surface area (Å²) in [6.07, 6.45) is -0.470. The van der Waals surface area contributed by atoms with Gasteiger partial charge in [0.05, 0.1) is 6.61 Å². The maximum absolute atomic E-state index is 12.0. The summed E-state index contributed by atoms with van der Waals surface area (Å²) in [5, 5.41) is 28.7. The lowest BCUT2D eigenvalue weighted by molar-refractivity contribution is -0.140. The summed E-state index contributed by atoms with van der Waals surface area (Å²) in [4.78, 5) is 36.9. The molecule has 0 aliphatic carbocycles. The van der Waals surface area contributed by atoms with Gasteiger partial charge in [0.1, 0.15) is 6.04 Å². The van der Waals surface area contributed by atoms with Gasteiger partial charge in [-0.2, -0.15) is 0 Å². The van der Waals surface area contributed by atoms with E-state index in [1.807, 2.05) is 4.90 Å². The summed E-state index contributed by atoms with van der Waals surface area (Å²) >= 11 is 0. The molecule has 4 N–H and O–H groups in total. The SMILES string of the molecule is O=C(O)CCC(NC(=O)N1CCN(CCO)CC1)C(=O)O. The fourth-order valence-electron chi connectivity index (χ4n) is 2.08. The van der Waals surface area contributed by atoms with Crippen LogP contribution in [-0.4, -0.2) is 88.5 Å². The third-order valence-electron chi connectivity index (χ3n) is 3.32. The number of nitrogens with zero attached hydrogens (tertiary/aromatic N) is 2. The van der Waals surface area contributed by atoms with Crippen molar-refractivity contribution in [1.82, 2.24) is 15.1 Å². The van der Waals surface area contributed by atoms with Gasteiger partial charge in [0, 0.05) is 39.1 Å². The van der Waals surface area contributed by atoms with Crippen LogP contribution < -0.4 is 5.32 Å². The van der Waals surface area contributed by atoms with Crippen LogP contribution >= 0.6 is 0 Å². The molecule has 0 spiro atoms. The van der Waals surface area contributed by atoms with Crippen LogP contribution in [0.1, 0.15) is 12.8 Å². The molecule has 1 saturated heterocycles. The molecule has 0 aromatic rings. The van der Waals surface area contributed by atoms with Gasteiger partial charge in [-0.05, 0) is 6.42 Å². The summed E-state index contributed by atoms with van der Waals surface area (Å²) in [6.45, 7) is 2.71. The molecule has 21 heavy (non-hydrogen) atoms. The average Bonchev–Trinajstić information content (AvgIpc) is 2.43. The van der Waals surface area contributed by atoms with Crippen LogP contribution in [0.4, 0.5) is 4.79 Å². The Morgan fingerprint density at radius 2 is 1.71 bits per heavy atom. The number of aliphatic hydroxyl groups is 1. The number of piperazine rings is 1. The highest BCUT2D eigenvalue weighted by atomic mass is 16.4. The van der Waals surface area contributed by atoms with E-state index in [1.165, 1.54) is 4.90 Å². The van der Waals surface area contributed by atoms with Crippen molar-refractivity contribution < 1.29 is 29.7 Å². The Labute approximate surface area is 122 Å². The lowest BCUT2D eigenvalue weighted by atomic mass is 10.1. The van der Waals surface area contributed by atoms with Gasteiger partial charge in [0.2, 0.25) is 0 Å². The second-order valence-corrected chi connectivity index (χ2v) is 4.83. The van der Waals surface area contributed by atoms with E-state index in [4.69, 9.17) is 15.3 Å². The Bertz CT molecular complexity index is 381. The van der Waals surface area contributed by atoms with Gasteiger partial charge in [0.15, 0.2) is 0 Å². The number of amides is 2. The number of aliphatic hydroxyl groups excluding tert-OH is 1. The topological polar surface area (TPSA) is 130 Å². The van der Waals surface area contributed by atoms with E-state index in [1.54, 1.807) is 0 Å². The first-order valence-corrected chi connectivity index (χ1v) is 6.77. The zero-order chi connectivity index (χ0) is 15.8. The van der Waals surface area contributed by atoms with E-state index in [0.717, 1.165) is 0 Å². The van der Waals surface area contributed by atoms with Crippen LogP contribution in [0.5, 0.6) is 0 Å². The van der Waals surface area contributed by atoms with Crippen molar-refractivity contribution >= 4 is 18.0 Å².